The molecule has 0 amide bonds. The van der Waals surface area contributed by atoms with E-state index in [1.54, 1.807) is 6.92 Å². The standard InChI is InChI=1S/C14H19NO/c1-11(16)13-8-5-6-12-10-15(2)9-4-3-7-14(12)13/h5-6,8H,3-4,7,9-10H2,1-2H3. The monoisotopic (exact) mass is 217 g/mol. The largest absolute Gasteiger partial charge is 0.302 e. The summed E-state index contributed by atoms with van der Waals surface area (Å²) in [4.78, 5) is 13.9. The molecule has 0 radical (unpaired) electrons. The van der Waals surface area contributed by atoms with Gasteiger partial charge in [0.15, 0.2) is 5.78 Å². The fourth-order valence-electron chi connectivity index (χ4n) is 2.46. The number of carbonyl (C=O) groups is 1. The van der Waals surface area contributed by atoms with E-state index < -0.39 is 0 Å². The lowest BCUT2D eigenvalue weighted by molar-refractivity contribution is 0.101. The first kappa shape index (κ1) is 11.3. The van der Waals surface area contributed by atoms with Crippen LogP contribution in [0.15, 0.2) is 18.2 Å². The fraction of sp³-hybridized carbons (Fsp3) is 0.500. The molecule has 1 aliphatic heterocycles. The minimum Gasteiger partial charge on any atom is -0.302 e. The van der Waals surface area contributed by atoms with Crippen LogP contribution >= 0.6 is 0 Å². The van der Waals surface area contributed by atoms with Crippen molar-refractivity contribution in [3.8, 4) is 0 Å². The number of carbonyl (C=O) groups excluding carboxylic acids is 1. The van der Waals surface area contributed by atoms with Crippen molar-refractivity contribution in [2.24, 2.45) is 0 Å². The summed E-state index contributed by atoms with van der Waals surface area (Å²) in [5, 5.41) is 0. The Labute approximate surface area is 97.3 Å². The highest BCUT2D eigenvalue weighted by molar-refractivity contribution is 5.95. The van der Waals surface area contributed by atoms with Crippen LogP contribution in [0.4, 0.5) is 0 Å². The van der Waals surface area contributed by atoms with Crippen molar-refractivity contribution < 1.29 is 4.79 Å². The maximum atomic E-state index is 11.6. The van der Waals surface area contributed by atoms with Crippen molar-refractivity contribution in [2.75, 3.05) is 13.6 Å². The molecule has 0 spiro atoms. The smallest absolute Gasteiger partial charge is 0.160 e. The van der Waals surface area contributed by atoms with Crippen molar-refractivity contribution in [3.05, 3.63) is 34.9 Å². The quantitative estimate of drug-likeness (QED) is 0.674. The molecule has 0 saturated heterocycles. The third kappa shape index (κ3) is 2.33. The lowest BCUT2D eigenvalue weighted by atomic mass is 9.93. The Morgan fingerprint density at radius 2 is 2.12 bits per heavy atom. The third-order valence-corrected chi connectivity index (χ3v) is 3.31. The Hall–Kier alpha value is -1.15. The van der Waals surface area contributed by atoms with E-state index in [-0.39, 0.29) is 5.78 Å². The number of rotatable bonds is 1. The number of hydrogen-bond acceptors (Lipinski definition) is 2. The molecule has 1 aromatic rings. The van der Waals surface area contributed by atoms with Gasteiger partial charge in [0.25, 0.3) is 0 Å². The molecule has 86 valence electrons. The van der Waals surface area contributed by atoms with Crippen molar-refractivity contribution in [1.29, 1.82) is 0 Å². The zero-order valence-corrected chi connectivity index (χ0v) is 10.1. The second kappa shape index (κ2) is 4.79. The van der Waals surface area contributed by atoms with E-state index in [0.29, 0.717) is 0 Å². The minimum atomic E-state index is 0.195. The molecule has 2 nitrogen and oxygen atoms in total. The lowest BCUT2D eigenvalue weighted by Gasteiger charge is -2.23. The summed E-state index contributed by atoms with van der Waals surface area (Å²) in [5.74, 6) is 0.195. The first-order valence-corrected chi connectivity index (χ1v) is 5.98. The molecule has 0 unspecified atom stereocenters. The van der Waals surface area contributed by atoms with Crippen LogP contribution in [-0.2, 0) is 13.0 Å². The molecule has 1 heterocycles. The summed E-state index contributed by atoms with van der Waals surface area (Å²) in [7, 11) is 2.15. The van der Waals surface area contributed by atoms with Crippen molar-refractivity contribution >= 4 is 5.78 Å². The molecule has 0 saturated carbocycles. The van der Waals surface area contributed by atoms with Crippen molar-refractivity contribution in [3.63, 3.8) is 0 Å². The van der Waals surface area contributed by atoms with Crippen LogP contribution in [0.2, 0.25) is 0 Å². The predicted octanol–water partition coefficient (Wildman–Crippen LogP) is 2.66. The van der Waals surface area contributed by atoms with Gasteiger partial charge < -0.3 is 4.90 Å². The summed E-state index contributed by atoms with van der Waals surface area (Å²) < 4.78 is 0. The second-order valence-corrected chi connectivity index (χ2v) is 4.69. The van der Waals surface area contributed by atoms with Crippen molar-refractivity contribution in [1.82, 2.24) is 4.90 Å². The molecule has 2 rings (SSSR count). The summed E-state index contributed by atoms with van der Waals surface area (Å²) in [6, 6.07) is 6.12. The molecular formula is C14H19NO. The highest BCUT2D eigenvalue weighted by atomic mass is 16.1. The van der Waals surface area contributed by atoms with Crippen molar-refractivity contribution in [2.45, 2.75) is 32.7 Å². The van der Waals surface area contributed by atoms with Crippen LogP contribution in [0.5, 0.6) is 0 Å². The van der Waals surface area contributed by atoms with E-state index in [1.807, 2.05) is 12.1 Å². The fourth-order valence-corrected chi connectivity index (χ4v) is 2.46. The zero-order chi connectivity index (χ0) is 11.5. The summed E-state index contributed by atoms with van der Waals surface area (Å²) in [5.41, 5.74) is 3.53. The van der Waals surface area contributed by atoms with Crippen LogP contribution < -0.4 is 0 Å². The van der Waals surface area contributed by atoms with Gasteiger partial charge in [-0.05, 0) is 50.9 Å². The van der Waals surface area contributed by atoms with Crippen LogP contribution in [0.25, 0.3) is 0 Å². The van der Waals surface area contributed by atoms with Gasteiger partial charge in [0, 0.05) is 12.1 Å². The van der Waals surface area contributed by atoms with E-state index in [9.17, 15) is 4.79 Å². The normalized spacial score (nSPS) is 17.4. The Kier molecular flexibility index (Phi) is 3.39. The maximum Gasteiger partial charge on any atom is 0.160 e. The van der Waals surface area contributed by atoms with Gasteiger partial charge in [0.1, 0.15) is 0 Å². The minimum absolute atomic E-state index is 0.195. The summed E-state index contributed by atoms with van der Waals surface area (Å²) in [6.07, 6.45) is 3.46. The van der Waals surface area contributed by atoms with Gasteiger partial charge in [0.2, 0.25) is 0 Å². The lowest BCUT2D eigenvalue weighted by Crippen LogP contribution is -2.22. The van der Waals surface area contributed by atoms with Crippen LogP contribution in [0.1, 0.15) is 41.3 Å². The zero-order valence-electron chi connectivity index (χ0n) is 10.1. The molecule has 0 atom stereocenters. The number of hydrogen-bond donors (Lipinski definition) is 0. The molecule has 16 heavy (non-hydrogen) atoms. The molecule has 0 N–H and O–H groups in total. The number of benzene rings is 1. The Morgan fingerprint density at radius 1 is 1.31 bits per heavy atom. The number of fused-ring (bicyclic) bond motifs is 1. The Bertz CT molecular complexity index is 398. The average molecular weight is 217 g/mol. The van der Waals surface area contributed by atoms with Gasteiger partial charge in [-0.15, -0.1) is 0 Å². The first-order chi connectivity index (χ1) is 7.68. The Morgan fingerprint density at radius 3 is 2.88 bits per heavy atom. The van der Waals surface area contributed by atoms with Gasteiger partial charge in [-0.2, -0.15) is 0 Å². The molecule has 1 aliphatic rings. The summed E-state index contributed by atoms with van der Waals surface area (Å²) in [6.45, 7) is 3.79. The number of ketones is 1. The SMILES string of the molecule is CC(=O)c1cccc2c1CCCCN(C)C2. The highest BCUT2D eigenvalue weighted by Crippen LogP contribution is 2.21. The predicted molar refractivity (Wildman–Crippen MR) is 65.7 cm³/mol. The van der Waals surface area contributed by atoms with Gasteiger partial charge in [0.05, 0.1) is 0 Å². The third-order valence-electron chi connectivity index (χ3n) is 3.31. The van der Waals surface area contributed by atoms with E-state index in [2.05, 4.69) is 18.0 Å². The molecule has 0 bridgehead atoms. The van der Waals surface area contributed by atoms with Gasteiger partial charge in [-0.1, -0.05) is 18.2 Å². The van der Waals surface area contributed by atoms with Gasteiger partial charge in [-0.25, -0.2) is 0 Å². The molecule has 0 fully saturated rings. The first-order valence-electron chi connectivity index (χ1n) is 5.98. The topological polar surface area (TPSA) is 20.3 Å². The molecule has 1 aromatic carbocycles. The van der Waals surface area contributed by atoms with E-state index >= 15 is 0 Å². The molecule has 0 aliphatic carbocycles. The van der Waals surface area contributed by atoms with E-state index in [4.69, 9.17) is 0 Å². The maximum absolute atomic E-state index is 11.6. The van der Waals surface area contributed by atoms with E-state index in [0.717, 1.165) is 25.1 Å². The van der Waals surface area contributed by atoms with Crippen LogP contribution in [-0.4, -0.2) is 24.3 Å². The number of Topliss-reactive ketones (excluding diaryl/α,β-unsaturated/α-hetero) is 1. The second-order valence-electron chi connectivity index (χ2n) is 4.69. The van der Waals surface area contributed by atoms with Gasteiger partial charge >= 0.3 is 0 Å². The van der Waals surface area contributed by atoms with E-state index in [1.165, 1.54) is 24.0 Å². The Balaban J connectivity index is 2.42. The summed E-state index contributed by atoms with van der Waals surface area (Å²) >= 11 is 0. The van der Waals surface area contributed by atoms with Crippen LogP contribution in [0.3, 0.4) is 0 Å². The highest BCUT2D eigenvalue weighted by Gasteiger charge is 2.14. The average Bonchev–Trinajstić information content (AvgIpc) is 2.22. The molecule has 2 heteroatoms. The molecular weight excluding hydrogens is 198 g/mol. The van der Waals surface area contributed by atoms with Crippen LogP contribution in [0, 0.1) is 0 Å². The number of nitrogens with zero attached hydrogens (tertiary/aromatic N) is 1. The van der Waals surface area contributed by atoms with Gasteiger partial charge in [-0.3, -0.25) is 4.79 Å². The molecule has 0 aromatic heterocycles.